The monoisotopic (exact) mass is 842 g/mol. The molecule has 6 rings (SSSR count). The van der Waals surface area contributed by atoms with Crippen LogP contribution < -0.4 is 11.5 Å². The van der Waals surface area contributed by atoms with E-state index in [1.807, 2.05) is 0 Å². The van der Waals surface area contributed by atoms with E-state index in [2.05, 4.69) is 9.97 Å². The van der Waals surface area contributed by atoms with Crippen LogP contribution in [0.2, 0.25) is 0 Å². The molecule has 4 fully saturated rings. The maximum atomic E-state index is 12.7. The Bertz CT molecular complexity index is 1550. The van der Waals surface area contributed by atoms with Gasteiger partial charge in [-0.3, -0.25) is 0 Å². The zero-order chi connectivity index (χ0) is 40.5. The fraction of sp³-hybridized carbons (Fsp3) is 0.600. The number of esters is 2. The summed E-state index contributed by atoms with van der Waals surface area (Å²) in [6.07, 6.45) is -12.3. The Balaban J connectivity index is 0.986. The van der Waals surface area contributed by atoms with Crippen LogP contribution >= 0.6 is 16.3 Å². The third kappa shape index (κ3) is 9.47. The molecule has 24 nitrogen and oxygen atoms in total. The molecule has 0 aromatic carbocycles. The van der Waals surface area contributed by atoms with Crippen LogP contribution in [0.1, 0.15) is 36.2 Å². The molecule has 0 bridgehead atoms. The second kappa shape index (κ2) is 17.3. The summed E-state index contributed by atoms with van der Waals surface area (Å²) in [4.78, 5) is 55.0. The van der Waals surface area contributed by atoms with Gasteiger partial charge in [-0.15, -0.1) is 0 Å². The molecule has 12 N–H and O–H groups in total. The molecule has 2 unspecified atom stereocenters. The van der Waals surface area contributed by atoms with Crippen molar-refractivity contribution in [1.29, 1.82) is 0 Å². The van der Waals surface area contributed by atoms with Gasteiger partial charge >= 0.3 is 318 Å². The van der Waals surface area contributed by atoms with Crippen LogP contribution in [0, 0.1) is 0 Å². The number of aliphatic hydroxyl groups excluding tert-OH is 6. The molecule has 0 saturated carbocycles. The van der Waals surface area contributed by atoms with Crippen LogP contribution in [0.15, 0.2) is 49.1 Å². The van der Waals surface area contributed by atoms with E-state index in [0.717, 1.165) is 0 Å². The summed E-state index contributed by atoms with van der Waals surface area (Å²) in [7, 11) is -8.80. The molecular weight excluding hydrogens is 798 g/mol. The number of pyridine rings is 2. The molecule has 2 aromatic heterocycles. The predicted molar refractivity (Wildman–Crippen MR) is 182 cm³/mol. The molecule has 4 aliphatic heterocycles. The van der Waals surface area contributed by atoms with Gasteiger partial charge in [0.15, 0.2) is 0 Å². The molecule has 2 aromatic rings. The Kier molecular flexibility index (Phi) is 13.3. The molecule has 26 heteroatoms. The van der Waals surface area contributed by atoms with E-state index in [-0.39, 0.29) is 13.2 Å². The van der Waals surface area contributed by atoms with Gasteiger partial charge in [0.05, 0.1) is 0 Å². The molecule has 0 aliphatic carbocycles. The molecule has 56 heavy (non-hydrogen) atoms. The van der Waals surface area contributed by atoms with Gasteiger partial charge in [0.1, 0.15) is 0 Å². The molecule has 0 spiro atoms. The third-order valence-corrected chi connectivity index (χ3v) is 12.5. The molecule has 0 radical (unpaired) electrons. The molecule has 0 amide bonds. The summed E-state index contributed by atoms with van der Waals surface area (Å²) >= 11 is 0. The fourth-order valence-electron chi connectivity index (χ4n) is 5.96. The number of carbonyl (C=O) groups is 2. The van der Waals surface area contributed by atoms with Gasteiger partial charge in [0, 0.05) is 0 Å². The molecule has 314 valence electrons. The van der Waals surface area contributed by atoms with E-state index in [0.29, 0.717) is 24.0 Å². The molecule has 6 heterocycles. The van der Waals surface area contributed by atoms with Crippen LogP contribution in [0.25, 0.3) is 0 Å². The average molecular weight is 843 g/mol. The number of hydrogen-bond acceptors (Lipinski definition) is 24. The summed E-state index contributed by atoms with van der Waals surface area (Å²) < 4.78 is 52.9. The first kappa shape index (κ1) is 43.0. The Labute approximate surface area is 318 Å². The van der Waals surface area contributed by atoms with E-state index in [9.17, 15) is 50.0 Å². The number of nitrogens with two attached hydrogens (primary N) is 2. The average Bonchev–Trinajstić information content (AvgIpc) is 3.54. The van der Waals surface area contributed by atoms with Crippen molar-refractivity contribution in [3.8, 4) is 0 Å². The van der Waals surface area contributed by atoms with E-state index in [4.69, 9.17) is 57.6 Å². The summed E-state index contributed by atoms with van der Waals surface area (Å²) in [5, 5.41) is 63.0. The Morgan fingerprint density at radius 1 is 0.714 bits per heavy atom. The quantitative estimate of drug-likeness (QED) is 0.0684. The van der Waals surface area contributed by atoms with Gasteiger partial charge < -0.3 is 0 Å². The van der Waals surface area contributed by atoms with Crippen molar-refractivity contribution in [2.45, 2.75) is 85.7 Å². The number of aromatic nitrogens is 2. The van der Waals surface area contributed by atoms with E-state index < -0.39 is 114 Å². The van der Waals surface area contributed by atoms with Crippen LogP contribution in [0.4, 0.5) is 0 Å². The number of hydrogen-bond donors (Lipinski definition) is 10. The first-order valence-corrected chi connectivity index (χ1v) is 20.4. The number of ether oxygens (including phenoxy) is 4. The van der Waals surface area contributed by atoms with Crippen LogP contribution in [-0.4, -0.2) is 149 Å². The van der Waals surface area contributed by atoms with Gasteiger partial charge in [0.2, 0.25) is 0 Å². The van der Waals surface area contributed by atoms with Crippen LogP contribution in [-0.2, 0) is 55.7 Å². The van der Waals surface area contributed by atoms with E-state index >= 15 is 0 Å². The number of rotatable bonds is 13. The normalized spacial score (nSPS) is 37.5. The van der Waals surface area contributed by atoms with Crippen LogP contribution in [0.5, 0.6) is 0 Å². The first-order valence-electron chi connectivity index (χ1n) is 17.0. The summed E-state index contributed by atoms with van der Waals surface area (Å²) in [6, 6.07) is 6.65. The number of aliphatic hydroxyl groups is 6. The zero-order valence-corrected chi connectivity index (χ0v) is 31.2. The van der Waals surface area contributed by atoms with Gasteiger partial charge in [-0.2, -0.15) is 0 Å². The van der Waals surface area contributed by atoms with Gasteiger partial charge in [-0.1, -0.05) is 0 Å². The molecular formula is C30H44N4O20P2. The number of nitrogens with zero attached hydrogens (tertiary/aromatic N) is 2. The molecule has 4 aliphatic rings. The third-order valence-electron chi connectivity index (χ3n) is 9.15. The topological polar surface area (TPSA) is 366 Å². The van der Waals surface area contributed by atoms with Crippen LogP contribution in [0.3, 0.4) is 0 Å². The van der Waals surface area contributed by atoms with E-state index in [1.165, 1.54) is 24.8 Å². The summed E-state index contributed by atoms with van der Waals surface area (Å²) in [6.45, 7) is -1.67. The van der Waals surface area contributed by atoms with Crippen molar-refractivity contribution in [3.63, 3.8) is 0 Å². The molecule has 12 atom stereocenters. The zero-order valence-electron chi connectivity index (χ0n) is 29.2. The van der Waals surface area contributed by atoms with Crippen molar-refractivity contribution in [1.82, 2.24) is 9.97 Å². The van der Waals surface area contributed by atoms with Crippen molar-refractivity contribution in [2.75, 3.05) is 26.4 Å². The van der Waals surface area contributed by atoms with Crippen molar-refractivity contribution >= 4 is 28.3 Å². The predicted octanol–water partition coefficient (Wildman–Crippen LogP) is -3.76. The Morgan fingerprint density at radius 3 is 1.43 bits per heavy atom. The standard InChI is InChI=1S/C30H44N4O20P2/c31-29(13-47-55(43)45-11-5-17(53-55)15-1-7-33-8-2-15)23(39)21(37)27(51-29)49-25(41)19(35)20(36)26(42)50-28-22(38)24(40)30(32,52-28)14-48-56(44)46-12-6-18(54-56)16-3-9-34-10-4-16/h1-4,7-10,17-24,27-28,35-40,43-44,55-56H,5-6,11-14,31-32H2/t17-,18-,19?,20?,21-,22-,23-,24-,27+,28+,29+,30+/m1/s1. The second-order valence-corrected chi connectivity index (χ2v) is 16.9. The molecule has 4 saturated heterocycles. The van der Waals surface area contributed by atoms with Gasteiger partial charge in [0.25, 0.3) is 0 Å². The summed E-state index contributed by atoms with van der Waals surface area (Å²) in [5.41, 5.74) is 8.75. The Hall–Kier alpha value is -2.62. The second-order valence-electron chi connectivity index (χ2n) is 13.2. The van der Waals surface area contributed by atoms with Crippen molar-refractivity contribution in [2.24, 2.45) is 11.5 Å². The van der Waals surface area contributed by atoms with E-state index in [1.54, 1.807) is 24.3 Å². The fourth-order valence-corrected chi connectivity index (χ4v) is 9.19. The SMILES string of the molecule is N[C@@]1(CO[PH]2(O)OCC[C@H](c3ccncc3)O2)O[C@H](OC(=O)C(O)C(O)C(=O)O[C@H]2O[C@@](N)(CO[PH]3(O)OCC[C@H](c4ccncc4)O3)[C@H](O)[C@H]2O)[C@H](O)[C@H]1O. The minimum atomic E-state index is -4.40. The first-order chi connectivity index (χ1) is 26.4. The minimum absolute atomic E-state index is 0.0289. The number of carbonyl (C=O) groups excluding carboxylic acids is 2. The Morgan fingerprint density at radius 2 is 1.07 bits per heavy atom. The van der Waals surface area contributed by atoms with Gasteiger partial charge in [-0.05, 0) is 0 Å². The van der Waals surface area contributed by atoms with Crippen molar-refractivity contribution in [3.05, 3.63) is 60.2 Å². The summed E-state index contributed by atoms with van der Waals surface area (Å²) in [5.74, 6) is -3.57. The maximum absolute atomic E-state index is 12.7. The van der Waals surface area contributed by atoms with Crippen molar-refractivity contribution < 1.29 is 96.1 Å². The van der Waals surface area contributed by atoms with Gasteiger partial charge in [-0.25, -0.2) is 0 Å².